The largest absolute Gasteiger partial charge is 0.481 e. The Hall–Kier alpha value is -2.17. The standard InChI is InChI=1S/C22H32O4.CH4/c1-2-3-14-17-20(23)21(24)18-15-12-10-8-6-4-5-7-9-11-13-16-19-22(25)26;/h3,5-8,10-15,18,20-21,23-24H,2,4,9,16-17,19H2,1H3,(H,25,26);1H4/b7-5-,8-6-,12-10+,13-11-,14-3-,18-15+;/t20-,21?;/m1./s1. The normalized spacial score (nSPS) is 14.9. The monoisotopic (exact) mass is 376 g/mol. The third-order valence-corrected chi connectivity index (χ3v) is 3.35. The summed E-state index contributed by atoms with van der Waals surface area (Å²) in [7, 11) is 0. The molecule has 0 heterocycles. The number of carboxylic acids is 1. The summed E-state index contributed by atoms with van der Waals surface area (Å²) in [6.45, 7) is 2.02. The van der Waals surface area contributed by atoms with Gasteiger partial charge in [0.25, 0.3) is 0 Å². The van der Waals surface area contributed by atoms with Gasteiger partial charge in [-0.1, -0.05) is 87.3 Å². The van der Waals surface area contributed by atoms with Gasteiger partial charge in [-0.05, 0) is 32.1 Å². The number of carbonyl (C=O) groups is 1. The molecule has 0 bridgehead atoms. The van der Waals surface area contributed by atoms with Crippen molar-refractivity contribution in [2.45, 2.75) is 65.1 Å². The molecule has 0 radical (unpaired) electrons. The van der Waals surface area contributed by atoms with E-state index < -0.39 is 18.2 Å². The second-order valence-electron chi connectivity index (χ2n) is 5.72. The molecule has 0 aliphatic rings. The lowest BCUT2D eigenvalue weighted by atomic mass is 10.1. The molecule has 4 nitrogen and oxygen atoms in total. The molecule has 0 saturated heterocycles. The highest BCUT2D eigenvalue weighted by atomic mass is 16.4. The molecule has 0 aliphatic heterocycles. The van der Waals surface area contributed by atoms with Gasteiger partial charge in [0.05, 0.1) is 12.2 Å². The van der Waals surface area contributed by atoms with Crippen LogP contribution >= 0.6 is 0 Å². The van der Waals surface area contributed by atoms with E-state index in [-0.39, 0.29) is 13.8 Å². The summed E-state index contributed by atoms with van der Waals surface area (Å²) in [5.74, 6) is -0.770. The van der Waals surface area contributed by atoms with Crippen LogP contribution in [0.15, 0.2) is 72.9 Å². The lowest BCUT2D eigenvalue weighted by molar-refractivity contribution is -0.136. The highest BCUT2D eigenvalue weighted by Gasteiger charge is 2.10. The fourth-order valence-corrected chi connectivity index (χ4v) is 1.90. The summed E-state index contributed by atoms with van der Waals surface area (Å²) in [5.41, 5.74) is 0. The van der Waals surface area contributed by atoms with Crippen molar-refractivity contribution in [3.05, 3.63) is 72.9 Å². The first-order valence-corrected chi connectivity index (χ1v) is 9.10. The molecule has 3 N–H and O–H groups in total. The third-order valence-electron chi connectivity index (χ3n) is 3.35. The number of aliphatic hydroxyl groups is 2. The lowest BCUT2D eigenvalue weighted by Gasteiger charge is -2.11. The van der Waals surface area contributed by atoms with Crippen LogP contribution in [0, 0.1) is 0 Å². The zero-order valence-corrected chi connectivity index (χ0v) is 15.6. The minimum Gasteiger partial charge on any atom is -0.481 e. The molecule has 4 heteroatoms. The Balaban J connectivity index is 0. The Morgan fingerprint density at radius 3 is 2.15 bits per heavy atom. The average Bonchev–Trinajstić information content (AvgIpc) is 2.61. The molecule has 152 valence electrons. The molecule has 0 fully saturated rings. The maximum atomic E-state index is 10.3. The molecule has 27 heavy (non-hydrogen) atoms. The molecule has 0 aromatic rings. The van der Waals surface area contributed by atoms with Gasteiger partial charge in [-0.15, -0.1) is 0 Å². The van der Waals surface area contributed by atoms with Crippen molar-refractivity contribution in [1.29, 1.82) is 0 Å². The van der Waals surface area contributed by atoms with Gasteiger partial charge in [0.15, 0.2) is 0 Å². The van der Waals surface area contributed by atoms with Gasteiger partial charge in [0.1, 0.15) is 0 Å². The zero-order valence-electron chi connectivity index (χ0n) is 15.6. The van der Waals surface area contributed by atoms with Gasteiger partial charge >= 0.3 is 5.97 Å². The van der Waals surface area contributed by atoms with Gasteiger partial charge in [-0.3, -0.25) is 4.79 Å². The van der Waals surface area contributed by atoms with Crippen LogP contribution < -0.4 is 0 Å². The second kappa shape index (κ2) is 20.1. The van der Waals surface area contributed by atoms with Gasteiger partial charge in [0, 0.05) is 6.42 Å². The number of allylic oxidation sites excluding steroid dienone is 10. The van der Waals surface area contributed by atoms with Crippen molar-refractivity contribution in [3.8, 4) is 0 Å². The minimum atomic E-state index is -0.864. The number of carboxylic acid groups (broad SMARTS) is 1. The number of hydrogen-bond acceptors (Lipinski definition) is 3. The summed E-state index contributed by atoms with van der Waals surface area (Å²) in [6.07, 6.45) is 24.8. The van der Waals surface area contributed by atoms with E-state index in [2.05, 4.69) is 0 Å². The Bertz CT molecular complexity index is 524. The van der Waals surface area contributed by atoms with E-state index in [1.165, 1.54) is 0 Å². The van der Waals surface area contributed by atoms with Crippen molar-refractivity contribution in [2.75, 3.05) is 0 Å². The van der Waals surface area contributed by atoms with Crippen LogP contribution in [0.1, 0.15) is 52.9 Å². The first-order valence-electron chi connectivity index (χ1n) is 9.10. The molecule has 0 spiro atoms. The summed E-state index contributed by atoms with van der Waals surface area (Å²) >= 11 is 0. The Kier molecular flexibility index (Phi) is 20.2. The van der Waals surface area contributed by atoms with Crippen molar-refractivity contribution >= 4 is 5.97 Å². The predicted octanol–water partition coefficient (Wildman–Crippen LogP) is 5.13. The molecule has 0 aliphatic carbocycles. The van der Waals surface area contributed by atoms with Gasteiger partial charge in [-0.2, -0.15) is 0 Å². The van der Waals surface area contributed by atoms with E-state index >= 15 is 0 Å². The summed E-state index contributed by atoms with van der Waals surface area (Å²) in [5, 5.41) is 28.0. The van der Waals surface area contributed by atoms with E-state index in [0.717, 1.165) is 19.3 Å². The SMILES string of the molecule is C.CC/C=C\C[C@@H](O)C(O)/C=C/C=C/C=C\C/C=C\C/C=C\CCC(=O)O. The van der Waals surface area contributed by atoms with E-state index in [9.17, 15) is 15.0 Å². The van der Waals surface area contributed by atoms with Gasteiger partial charge < -0.3 is 15.3 Å². The third kappa shape index (κ3) is 20.0. The summed E-state index contributed by atoms with van der Waals surface area (Å²) in [6, 6.07) is 0. The number of hydrogen-bond donors (Lipinski definition) is 3. The number of aliphatic carboxylic acids is 1. The Morgan fingerprint density at radius 2 is 1.48 bits per heavy atom. The van der Waals surface area contributed by atoms with Crippen molar-refractivity contribution in [3.63, 3.8) is 0 Å². The smallest absolute Gasteiger partial charge is 0.303 e. The first-order chi connectivity index (χ1) is 12.6. The molecule has 0 aromatic heterocycles. The van der Waals surface area contributed by atoms with Crippen LogP contribution in [0.5, 0.6) is 0 Å². The van der Waals surface area contributed by atoms with Crippen LogP contribution in [0.3, 0.4) is 0 Å². The zero-order chi connectivity index (χ0) is 19.5. The predicted molar refractivity (Wildman–Crippen MR) is 115 cm³/mol. The van der Waals surface area contributed by atoms with Crippen LogP contribution in [-0.4, -0.2) is 33.5 Å². The topological polar surface area (TPSA) is 77.8 Å². The van der Waals surface area contributed by atoms with Crippen molar-refractivity contribution in [1.82, 2.24) is 0 Å². The van der Waals surface area contributed by atoms with Gasteiger partial charge in [0.2, 0.25) is 0 Å². The van der Waals surface area contributed by atoms with E-state index in [4.69, 9.17) is 5.11 Å². The van der Waals surface area contributed by atoms with Crippen LogP contribution in [0.4, 0.5) is 0 Å². The molecular formula is C23H36O4. The maximum absolute atomic E-state index is 10.3. The molecule has 0 amide bonds. The fraction of sp³-hybridized carbons (Fsp3) is 0.435. The van der Waals surface area contributed by atoms with E-state index in [0.29, 0.717) is 12.8 Å². The maximum Gasteiger partial charge on any atom is 0.303 e. The molecule has 2 atom stereocenters. The Labute approximate surface area is 164 Å². The lowest BCUT2D eigenvalue weighted by Crippen LogP contribution is -2.22. The first kappa shape index (κ1) is 27.1. The summed E-state index contributed by atoms with van der Waals surface area (Å²) in [4.78, 5) is 10.3. The highest BCUT2D eigenvalue weighted by Crippen LogP contribution is 2.02. The van der Waals surface area contributed by atoms with E-state index in [1.807, 2.05) is 67.7 Å². The van der Waals surface area contributed by atoms with Crippen LogP contribution in [0.2, 0.25) is 0 Å². The van der Waals surface area contributed by atoms with Crippen molar-refractivity contribution in [2.24, 2.45) is 0 Å². The van der Waals surface area contributed by atoms with E-state index in [1.54, 1.807) is 12.2 Å². The summed E-state index contributed by atoms with van der Waals surface area (Å²) < 4.78 is 0. The molecule has 0 aromatic carbocycles. The molecular weight excluding hydrogens is 340 g/mol. The number of rotatable bonds is 14. The van der Waals surface area contributed by atoms with Gasteiger partial charge in [-0.25, -0.2) is 0 Å². The van der Waals surface area contributed by atoms with Crippen molar-refractivity contribution < 1.29 is 20.1 Å². The molecule has 0 saturated carbocycles. The average molecular weight is 377 g/mol. The molecule has 1 unspecified atom stereocenters. The van der Waals surface area contributed by atoms with Crippen LogP contribution in [0.25, 0.3) is 0 Å². The minimum absolute atomic E-state index is 0. The fourth-order valence-electron chi connectivity index (χ4n) is 1.90. The quantitative estimate of drug-likeness (QED) is 0.290. The Morgan fingerprint density at radius 1 is 0.852 bits per heavy atom. The molecule has 0 rings (SSSR count). The second-order valence-corrected chi connectivity index (χ2v) is 5.72. The van der Waals surface area contributed by atoms with Crippen LogP contribution in [-0.2, 0) is 4.79 Å². The highest BCUT2D eigenvalue weighted by molar-refractivity contribution is 5.66. The number of aliphatic hydroxyl groups excluding tert-OH is 2.